The van der Waals surface area contributed by atoms with Gasteiger partial charge in [0, 0.05) is 45.9 Å². The maximum absolute atomic E-state index is 14.7. The minimum Gasteiger partial charge on any atom is -0.390 e. The highest BCUT2D eigenvalue weighted by atomic mass is 19.1. The van der Waals surface area contributed by atoms with Crippen molar-refractivity contribution in [2.45, 2.75) is 13.0 Å². The second kappa shape index (κ2) is 5.81. The van der Waals surface area contributed by atoms with Gasteiger partial charge in [0.15, 0.2) is 5.78 Å². The third kappa shape index (κ3) is 2.28. The molecular formula is C21H17FN2O2. The van der Waals surface area contributed by atoms with E-state index in [1.54, 1.807) is 6.07 Å². The van der Waals surface area contributed by atoms with E-state index < -0.39 is 0 Å². The minimum atomic E-state index is -0.242. The summed E-state index contributed by atoms with van der Waals surface area (Å²) in [5.74, 6) is -0.267. The average molecular weight is 348 g/mol. The molecule has 3 aromatic rings. The van der Waals surface area contributed by atoms with Gasteiger partial charge >= 0.3 is 0 Å². The summed E-state index contributed by atoms with van der Waals surface area (Å²) in [6, 6.07) is 10.9. The normalized spacial score (nSPS) is 16.5. The van der Waals surface area contributed by atoms with Gasteiger partial charge < -0.3 is 15.0 Å². The van der Waals surface area contributed by atoms with Gasteiger partial charge in [0.1, 0.15) is 12.4 Å². The summed E-state index contributed by atoms with van der Waals surface area (Å²) in [5, 5.41) is 4.01. The summed E-state index contributed by atoms with van der Waals surface area (Å²) in [6.07, 6.45) is 2.70. The van der Waals surface area contributed by atoms with E-state index >= 15 is 0 Å². The van der Waals surface area contributed by atoms with Crippen LogP contribution in [0.1, 0.15) is 27.9 Å². The maximum atomic E-state index is 14.7. The molecule has 5 heteroatoms. The molecule has 5 rings (SSSR count). The molecule has 1 aromatic heterocycles. The lowest BCUT2D eigenvalue weighted by Gasteiger charge is -2.08. The largest absolute Gasteiger partial charge is 0.390 e. The Labute approximate surface area is 149 Å². The van der Waals surface area contributed by atoms with Gasteiger partial charge in [-0.25, -0.2) is 4.39 Å². The number of hydrogen-bond acceptors (Lipinski definition) is 3. The number of carbonyl (C=O) groups is 1. The zero-order valence-corrected chi connectivity index (χ0v) is 14.1. The Bertz CT molecular complexity index is 1080. The number of aromatic amines is 1. The van der Waals surface area contributed by atoms with Crippen LogP contribution in [0.5, 0.6) is 0 Å². The topological polar surface area (TPSA) is 54.1 Å². The van der Waals surface area contributed by atoms with Crippen LogP contribution >= 0.6 is 0 Å². The van der Waals surface area contributed by atoms with Crippen LogP contribution in [0.3, 0.4) is 0 Å². The molecule has 4 nitrogen and oxygen atoms in total. The number of nitrogens with one attached hydrogen (secondary N) is 2. The summed E-state index contributed by atoms with van der Waals surface area (Å²) < 4.78 is 20.3. The highest BCUT2D eigenvalue weighted by Crippen LogP contribution is 2.36. The summed E-state index contributed by atoms with van der Waals surface area (Å²) in [7, 11) is 0. The number of benzene rings is 2. The SMILES string of the molecule is O=C1COCc2c(-c3ccc(C4=CNCC4)c(F)c3)[nH]c3cccc1c23. The van der Waals surface area contributed by atoms with Crippen molar-refractivity contribution in [1.82, 2.24) is 10.3 Å². The first kappa shape index (κ1) is 15.3. The first-order valence-corrected chi connectivity index (χ1v) is 8.69. The highest BCUT2D eigenvalue weighted by molar-refractivity contribution is 6.11. The van der Waals surface area contributed by atoms with Crippen molar-refractivity contribution in [3.63, 3.8) is 0 Å². The van der Waals surface area contributed by atoms with Crippen molar-refractivity contribution in [1.29, 1.82) is 0 Å². The van der Waals surface area contributed by atoms with Crippen LogP contribution in [-0.2, 0) is 11.3 Å². The number of aromatic nitrogens is 1. The van der Waals surface area contributed by atoms with Gasteiger partial charge in [-0.2, -0.15) is 0 Å². The molecule has 3 heterocycles. The minimum absolute atomic E-state index is 0.0258. The number of carbonyl (C=O) groups excluding carboxylic acids is 1. The molecule has 130 valence electrons. The molecule has 2 aliphatic heterocycles. The number of Topliss-reactive ketones (excluding diaryl/α,β-unsaturated/α-hetero) is 1. The van der Waals surface area contributed by atoms with E-state index in [0.717, 1.165) is 46.3 Å². The lowest BCUT2D eigenvalue weighted by Crippen LogP contribution is -2.05. The third-order valence-corrected chi connectivity index (χ3v) is 5.13. The molecule has 2 aromatic carbocycles. The summed E-state index contributed by atoms with van der Waals surface area (Å²) in [4.78, 5) is 15.6. The Morgan fingerprint density at radius 1 is 1.08 bits per heavy atom. The Balaban J connectivity index is 1.68. The van der Waals surface area contributed by atoms with E-state index in [9.17, 15) is 9.18 Å². The fraction of sp³-hybridized carbons (Fsp3) is 0.190. The molecule has 0 aliphatic carbocycles. The smallest absolute Gasteiger partial charge is 0.189 e. The van der Waals surface area contributed by atoms with Gasteiger partial charge in [0.25, 0.3) is 0 Å². The van der Waals surface area contributed by atoms with E-state index in [4.69, 9.17) is 4.74 Å². The molecule has 0 bridgehead atoms. The molecule has 0 atom stereocenters. The number of H-pyrrole nitrogens is 1. The lowest BCUT2D eigenvalue weighted by atomic mass is 9.98. The van der Waals surface area contributed by atoms with Crippen LogP contribution < -0.4 is 5.32 Å². The average Bonchev–Trinajstić information content (AvgIpc) is 3.26. The van der Waals surface area contributed by atoms with Crippen molar-refractivity contribution in [3.05, 3.63) is 65.1 Å². The van der Waals surface area contributed by atoms with Crippen molar-refractivity contribution in [2.24, 2.45) is 0 Å². The van der Waals surface area contributed by atoms with Gasteiger partial charge in [-0.1, -0.05) is 24.3 Å². The maximum Gasteiger partial charge on any atom is 0.189 e. The van der Waals surface area contributed by atoms with E-state index in [0.29, 0.717) is 17.7 Å². The molecule has 0 saturated heterocycles. The highest BCUT2D eigenvalue weighted by Gasteiger charge is 2.23. The number of hydrogen-bond donors (Lipinski definition) is 2. The fourth-order valence-corrected chi connectivity index (χ4v) is 3.88. The Hall–Kier alpha value is -2.92. The lowest BCUT2D eigenvalue weighted by molar-refractivity contribution is 0.0742. The number of ether oxygens (including phenoxy) is 1. The predicted octanol–water partition coefficient (Wildman–Crippen LogP) is 4.02. The zero-order valence-electron chi connectivity index (χ0n) is 14.1. The molecule has 0 amide bonds. The van der Waals surface area contributed by atoms with Crippen molar-refractivity contribution < 1.29 is 13.9 Å². The quantitative estimate of drug-likeness (QED) is 0.735. The van der Waals surface area contributed by atoms with E-state index in [2.05, 4.69) is 10.3 Å². The summed E-state index contributed by atoms with van der Waals surface area (Å²) in [6.45, 7) is 1.25. The third-order valence-electron chi connectivity index (χ3n) is 5.13. The van der Waals surface area contributed by atoms with E-state index in [1.807, 2.05) is 36.5 Å². The van der Waals surface area contributed by atoms with Crippen molar-refractivity contribution in [2.75, 3.05) is 13.2 Å². The number of ketones is 1. The Morgan fingerprint density at radius 3 is 2.81 bits per heavy atom. The molecule has 26 heavy (non-hydrogen) atoms. The second-order valence-corrected chi connectivity index (χ2v) is 6.69. The van der Waals surface area contributed by atoms with Crippen molar-refractivity contribution in [3.8, 4) is 11.3 Å². The molecule has 2 N–H and O–H groups in total. The summed E-state index contributed by atoms with van der Waals surface area (Å²) >= 11 is 0. The standard InChI is InChI=1S/C21H17FN2O2/c22-17-8-12(4-5-14(17)13-6-7-23-9-13)21-16-10-26-11-19(25)15-2-1-3-18(24-21)20(15)16/h1-5,8-9,23-24H,6-7,10-11H2. The van der Waals surface area contributed by atoms with Crippen LogP contribution in [0.25, 0.3) is 27.7 Å². The van der Waals surface area contributed by atoms with E-state index in [1.165, 1.54) is 0 Å². The Morgan fingerprint density at radius 2 is 2.00 bits per heavy atom. The molecule has 0 fully saturated rings. The first-order chi connectivity index (χ1) is 12.7. The van der Waals surface area contributed by atoms with Crippen LogP contribution in [0, 0.1) is 5.82 Å². The van der Waals surface area contributed by atoms with Gasteiger partial charge in [-0.3, -0.25) is 4.79 Å². The molecule has 0 radical (unpaired) electrons. The molecule has 0 spiro atoms. The van der Waals surface area contributed by atoms with Crippen LogP contribution in [-0.4, -0.2) is 23.9 Å². The number of halogens is 1. The fourth-order valence-electron chi connectivity index (χ4n) is 3.88. The first-order valence-electron chi connectivity index (χ1n) is 8.69. The zero-order chi connectivity index (χ0) is 17.7. The molecule has 2 aliphatic rings. The van der Waals surface area contributed by atoms with Gasteiger partial charge in [0.2, 0.25) is 0 Å². The Kier molecular flexibility index (Phi) is 3.43. The monoisotopic (exact) mass is 348 g/mol. The molecular weight excluding hydrogens is 331 g/mol. The predicted molar refractivity (Wildman–Crippen MR) is 98.3 cm³/mol. The molecule has 0 saturated carbocycles. The van der Waals surface area contributed by atoms with Crippen LogP contribution in [0.2, 0.25) is 0 Å². The van der Waals surface area contributed by atoms with Crippen LogP contribution in [0.15, 0.2) is 42.6 Å². The van der Waals surface area contributed by atoms with Gasteiger partial charge in [0.05, 0.1) is 12.3 Å². The van der Waals surface area contributed by atoms with Gasteiger partial charge in [-0.05, 0) is 24.1 Å². The van der Waals surface area contributed by atoms with Crippen molar-refractivity contribution >= 4 is 22.3 Å². The summed E-state index contributed by atoms with van der Waals surface area (Å²) in [5.41, 5.74) is 5.64. The second-order valence-electron chi connectivity index (χ2n) is 6.69. The van der Waals surface area contributed by atoms with Crippen LogP contribution in [0.4, 0.5) is 4.39 Å². The number of rotatable bonds is 2. The van der Waals surface area contributed by atoms with E-state index in [-0.39, 0.29) is 18.2 Å². The van der Waals surface area contributed by atoms with Gasteiger partial charge in [-0.15, -0.1) is 0 Å². The molecule has 0 unspecified atom stereocenters.